The van der Waals surface area contributed by atoms with Gasteiger partial charge in [-0.2, -0.15) is 13.2 Å². The maximum Gasteiger partial charge on any atom is 0.417 e. The number of ether oxygens (including phenoxy) is 2. The van der Waals surface area contributed by atoms with E-state index in [0.29, 0.717) is 18.9 Å². The molecule has 0 amide bonds. The van der Waals surface area contributed by atoms with Gasteiger partial charge in [0.25, 0.3) is 0 Å². The molecule has 1 fully saturated rings. The van der Waals surface area contributed by atoms with Crippen LogP contribution in [0.15, 0.2) is 24.3 Å². The molecule has 22 heavy (non-hydrogen) atoms. The fourth-order valence-corrected chi connectivity index (χ4v) is 2.39. The smallest absolute Gasteiger partial charge is 0.417 e. The van der Waals surface area contributed by atoms with Crippen molar-refractivity contribution in [3.63, 3.8) is 0 Å². The van der Waals surface area contributed by atoms with Crippen molar-refractivity contribution >= 4 is 0 Å². The summed E-state index contributed by atoms with van der Waals surface area (Å²) in [4.78, 5) is 1.86. The van der Waals surface area contributed by atoms with Crippen LogP contribution in [-0.2, 0) is 0 Å². The summed E-state index contributed by atoms with van der Waals surface area (Å²) in [7, 11) is 1.58. The Hall–Kier alpha value is -1.47. The molecule has 1 aliphatic rings. The van der Waals surface area contributed by atoms with Gasteiger partial charge in [-0.3, -0.25) is 4.90 Å². The van der Waals surface area contributed by atoms with Crippen LogP contribution in [0.4, 0.5) is 13.2 Å². The molecule has 0 unspecified atom stereocenters. The van der Waals surface area contributed by atoms with Crippen molar-refractivity contribution < 1.29 is 27.8 Å². The van der Waals surface area contributed by atoms with Crippen molar-refractivity contribution in [2.24, 2.45) is 0 Å². The normalized spacial score (nSPS) is 19.0. The third kappa shape index (κ3) is 4.04. The van der Waals surface area contributed by atoms with Crippen LogP contribution in [0.25, 0.3) is 0 Å². The Balaban J connectivity index is 1.73. The molecule has 1 saturated heterocycles. The monoisotopic (exact) mass is 319 g/mol. The molecule has 1 aromatic carbocycles. The number of benzene rings is 1. The van der Waals surface area contributed by atoms with Crippen LogP contribution in [0.2, 0.25) is 0 Å². The average molecular weight is 319 g/mol. The molecule has 1 aliphatic heterocycles. The molecular weight excluding hydrogens is 299 g/mol. The highest BCUT2D eigenvalue weighted by Crippen LogP contribution is 2.38. The summed E-state index contributed by atoms with van der Waals surface area (Å²) in [6, 6.07) is 7.11. The number of methoxy groups -OCH3 is 1. The lowest BCUT2D eigenvalue weighted by Gasteiger charge is -2.39. The van der Waals surface area contributed by atoms with Gasteiger partial charge in [0.05, 0.1) is 7.11 Å². The lowest BCUT2D eigenvalue weighted by Crippen LogP contribution is -2.53. The zero-order valence-corrected chi connectivity index (χ0v) is 12.4. The second-order valence-corrected chi connectivity index (χ2v) is 5.39. The van der Waals surface area contributed by atoms with Gasteiger partial charge in [-0.15, -0.1) is 0 Å². The van der Waals surface area contributed by atoms with E-state index in [1.165, 1.54) is 0 Å². The molecule has 0 radical (unpaired) electrons. The molecular formula is C15H20F3NO3. The fraction of sp³-hybridized carbons (Fsp3) is 0.600. The van der Waals surface area contributed by atoms with E-state index in [-0.39, 0.29) is 25.9 Å². The highest BCUT2D eigenvalue weighted by Gasteiger charge is 2.54. The minimum Gasteiger partial charge on any atom is -0.497 e. The lowest BCUT2D eigenvalue weighted by atomic mass is 9.91. The number of nitrogens with zero attached hydrogens (tertiary/aromatic N) is 1. The summed E-state index contributed by atoms with van der Waals surface area (Å²) < 4.78 is 48.6. The molecule has 7 heteroatoms. The Labute approximate surface area is 127 Å². The van der Waals surface area contributed by atoms with Crippen LogP contribution in [0.3, 0.4) is 0 Å². The molecule has 0 spiro atoms. The van der Waals surface area contributed by atoms with Gasteiger partial charge in [0, 0.05) is 19.6 Å². The van der Waals surface area contributed by atoms with Crippen molar-refractivity contribution in [1.29, 1.82) is 0 Å². The van der Waals surface area contributed by atoms with Crippen molar-refractivity contribution in [3.05, 3.63) is 24.3 Å². The number of hydrogen-bond donors (Lipinski definition) is 1. The molecule has 0 bridgehead atoms. The first-order chi connectivity index (χ1) is 10.3. The summed E-state index contributed by atoms with van der Waals surface area (Å²) in [5.74, 6) is 1.42. The first kappa shape index (κ1) is 16.9. The lowest BCUT2D eigenvalue weighted by molar-refractivity contribution is -0.272. The van der Waals surface area contributed by atoms with Crippen molar-refractivity contribution in [1.82, 2.24) is 4.90 Å². The summed E-state index contributed by atoms with van der Waals surface area (Å²) in [6.07, 6.45) is -5.14. The van der Waals surface area contributed by atoms with Crippen molar-refractivity contribution in [3.8, 4) is 11.5 Å². The second-order valence-electron chi connectivity index (χ2n) is 5.39. The zero-order valence-electron chi connectivity index (χ0n) is 12.4. The molecule has 4 nitrogen and oxygen atoms in total. The number of halogens is 3. The minimum atomic E-state index is -4.56. The zero-order chi connectivity index (χ0) is 16.2. The number of rotatable bonds is 5. The topological polar surface area (TPSA) is 41.9 Å². The van der Waals surface area contributed by atoms with Crippen molar-refractivity contribution in [2.45, 2.75) is 24.6 Å². The highest BCUT2D eigenvalue weighted by molar-refractivity contribution is 5.31. The van der Waals surface area contributed by atoms with Crippen molar-refractivity contribution in [2.75, 3.05) is 33.4 Å². The van der Waals surface area contributed by atoms with Crippen LogP contribution in [0.1, 0.15) is 12.8 Å². The summed E-state index contributed by atoms with van der Waals surface area (Å²) >= 11 is 0. The van der Waals surface area contributed by atoms with Gasteiger partial charge in [-0.05, 0) is 37.1 Å². The standard InChI is InChI=1S/C15H20F3NO3/c1-21-12-2-4-13(5-3-12)22-11-10-19-8-6-14(20,7-9-19)15(16,17)18/h2-5,20H,6-11H2,1H3. The van der Waals surface area contributed by atoms with Gasteiger partial charge < -0.3 is 14.6 Å². The molecule has 0 aliphatic carbocycles. The Morgan fingerprint density at radius 1 is 1.14 bits per heavy atom. The van der Waals surface area contributed by atoms with Crippen LogP contribution in [0.5, 0.6) is 11.5 Å². The van der Waals surface area contributed by atoms with Gasteiger partial charge in [0.2, 0.25) is 0 Å². The van der Waals surface area contributed by atoms with E-state index < -0.39 is 11.8 Å². The van der Waals surface area contributed by atoms with Crippen LogP contribution in [0, 0.1) is 0 Å². The average Bonchev–Trinajstić information content (AvgIpc) is 2.49. The number of hydrogen-bond acceptors (Lipinski definition) is 4. The maximum atomic E-state index is 12.7. The van der Waals surface area contributed by atoms with E-state index in [0.717, 1.165) is 5.75 Å². The summed E-state index contributed by atoms with van der Waals surface area (Å²) in [5, 5.41) is 9.58. The van der Waals surface area contributed by atoms with E-state index in [1.807, 2.05) is 4.90 Å². The number of likely N-dealkylation sites (tertiary alicyclic amines) is 1. The van der Waals surface area contributed by atoms with Gasteiger partial charge in [-0.25, -0.2) is 0 Å². The molecule has 124 valence electrons. The quantitative estimate of drug-likeness (QED) is 0.905. The highest BCUT2D eigenvalue weighted by atomic mass is 19.4. The van der Waals surface area contributed by atoms with Crippen LogP contribution < -0.4 is 9.47 Å². The predicted octanol–water partition coefficient (Wildman–Crippen LogP) is 2.46. The summed E-state index contributed by atoms with van der Waals surface area (Å²) in [6.45, 7) is 1.33. The Morgan fingerprint density at radius 3 is 2.18 bits per heavy atom. The third-order valence-corrected chi connectivity index (χ3v) is 3.95. The van der Waals surface area contributed by atoms with Gasteiger partial charge in [-0.1, -0.05) is 0 Å². The first-order valence-corrected chi connectivity index (χ1v) is 7.12. The number of piperidine rings is 1. The van der Waals surface area contributed by atoms with E-state index in [1.54, 1.807) is 31.4 Å². The van der Waals surface area contributed by atoms with Gasteiger partial charge in [0.1, 0.15) is 18.1 Å². The van der Waals surface area contributed by atoms with Gasteiger partial charge in [0.15, 0.2) is 5.60 Å². The summed E-state index contributed by atoms with van der Waals surface area (Å²) in [5.41, 5.74) is -2.54. The fourth-order valence-electron chi connectivity index (χ4n) is 2.39. The molecule has 0 saturated carbocycles. The minimum absolute atomic E-state index is 0.210. The second kappa shape index (κ2) is 6.75. The maximum absolute atomic E-state index is 12.7. The van der Waals surface area contributed by atoms with Gasteiger partial charge >= 0.3 is 6.18 Å². The van der Waals surface area contributed by atoms with E-state index in [2.05, 4.69) is 0 Å². The van der Waals surface area contributed by atoms with E-state index in [4.69, 9.17) is 9.47 Å². The van der Waals surface area contributed by atoms with Crippen LogP contribution in [-0.4, -0.2) is 55.1 Å². The Bertz CT molecular complexity index is 468. The Morgan fingerprint density at radius 2 is 1.68 bits per heavy atom. The van der Waals surface area contributed by atoms with Crippen LogP contribution >= 0.6 is 0 Å². The largest absolute Gasteiger partial charge is 0.497 e. The molecule has 1 N–H and O–H groups in total. The third-order valence-electron chi connectivity index (χ3n) is 3.95. The SMILES string of the molecule is COc1ccc(OCCN2CCC(O)(C(F)(F)F)CC2)cc1. The first-order valence-electron chi connectivity index (χ1n) is 7.12. The number of aliphatic hydroxyl groups is 1. The van der Waals surface area contributed by atoms with E-state index in [9.17, 15) is 18.3 Å². The molecule has 0 aromatic heterocycles. The molecule has 1 aromatic rings. The number of alkyl halides is 3. The predicted molar refractivity (Wildman–Crippen MR) is 75.2 cm³/mol. The molecule has 1 heterocycles. The molecule has 0 atom stereocenters. The van der Waals surface area contributed by atoms with E-state index >= 15 is 0 Å². The Kier molecular flexibility index (Phi) is 5.18. The molecule has 2 rings (SSSR count).